The molecular weight excluding hydrogens is 448 g/mol. The van der Waals surface area contributed by atoms with Crippen molar-refractivity contribution in [2.24, 2.45) is 0 Å². The number of carbonyl (C=O) groups excluding carboxylic acids is 2. The Morgan fingerprint density at radius 2 is 1.66 bits per heavy atom. The van der Waals surface area contributed by atoms with Crippen molar-refractivity contribution in [2.45, 2.75) is 23.6 Å². The van der Waals surface area contributed by atoms with E-state index in [1.807, 2.05) is 6.92 Å². The molecule has 2 aromatic carbocycles. The summed E-state index contributed by atoms with van der Waals surface area (Å²) in [5.74, 6) is -1.16. The standard InChI is InChI=1S/C23H24N2O5S2/c1-16-9-11-18(12-10-16)32(28,29)21(20-8-5-13-31-20)15-25-23(27)22(26)24-14-17-6-3-4-7-19(17)30-2/h3-13,21H,14-15H2,1-2H3,(H,24,26)(H,25,27)/t21-/m1/s1. The molecule has 1 atom stereocenters. The molecule has 7 nitrogen and oxygen atoms in total. The number of benzene rings is 2. The van der Waals surface area contributed by atoms with Crippen LogP contribution in [0.2, 0.25) is 0 Å². The number of para-hydroxylation sites is 1. The molecule has 0 aliphatic rings. The van der Waals surface area contributed by atoms with E-state index in [9.17, 15) is 18.0 Å². The van der Waals surface area contributed by atoms with Gasteiger partial charge in [0.1, 0.15) is 11.0 Å². The van der Waals surface area contributed by atoms with Crippen LogP contribution in [0.1, 0.15) is 21.3 Å². The topological polar surface area (TPSA) is 102 Å². The van der Waals surface area contributed by atoms with Crippen LogP contribution in [0, 0.1) is 6.92 Å². The highest BCUT2D eigenvalue weighted by Gasteiger charge is 2.31. The Morgan fingerprint density at radius 3 is 2.31 bits per heavy atom. The van der Waals surface area contributed by atoms with Gasteiger partial charge in [-0.2, -0.15) is 0 Å². The van der Waals surface area contributed by atoms with E-state index in [1.54, 1.807) is 66.0 Å². The quantitative estimate of drug-likeness (QED) is 0.491. The molecule has 3 aromatic rings. The maximum Gasteiger partial charge on any atom is 0.309 e. The van der Waals surface area contributed by atoms with Crippen molar-refractivity contribution in [3.05, 3.63) is 82.0 Å². The van der Waals surface area contributed by atoms with Gasteiger partial charge in [0.05, 0.1) is 12.0 Å². The number of carbonyl (C=O) groups is 2. The highest BCUT2D eigenvalue weighted by molar-refractivity contribution is 7.91. The van der Waals surface area contributed by atoms with Gasteiger partial charge in [-0.1, -0.05) is 42.0 Å². The smallest absolute Gasteiger partial charge is 0.309 e. The van der Waals surface area contributed by atoms with Gasteiger partial charge in [-0.15, -0.1) is 11.3 Å². The van der Waals surface area contributed by atoms with Gasteiger partial charge >= 0.3 is 11.8 Å². The molecule has 0 spiro atoms. The summed E-state index contributed by atoms with van der Waals surface area (Å²) in [5, 5.41) is 5.77. The first kappa shape index (κ1) is 23.5. The zero-order chi connectivity index (χ0) is 23.1. The highest BCUT2D eigenvalue weighted by Crippen LogP contribution is 2.31. The first-order chi connectivity index (χ1) is 15.3. The number of methoxy groups -OCH3 is 1. The van der Waals surface area contributed by atoms with Crippen molar-refractivity contribution in [1.29, 1.82) is 0 Å². The molecule has 32 heavy (non-hydrogen) atoms. The summed E-state index contributed by atoms with van der Waals surface area (Å²) in [6.45, 7) is 1.75. The molecule has 2 amide bonds. The molecule has 1 aromatic heterocycles. The monoisotopic (exact) mass is 472 g/mol. The van der Waals surface area contributed by atoms with Gasteiger partial charge in [-0.05, 0) is 36.6 Å². The first-order valence-corrected chi connectivity index (χ1v) is 12.3. The zero-order valence-electron chi connectivity index (χ0n) is 17.7. The second kappa shape index (κ2) is 10.4. The second-order valence-electron chi connectivity index (χ2n) is 7.07. The van der Waals surface area contributed by atoms with E-state index < -0.39 is 26.9 Å². The van der Waals surface area contributed by atoms with Gasteiger partial charge < -0.3 is 15.4 Å². The minimum absolute atomic E-state index is 0.103. The van der Waals surface area contributed by atoms with Crippen LogP contribution in [-0.4, -0.2) is 33.9 Å². The number of ether oxygens (including phenoxy) is 1. The van der Waals surface area contributed by atoms with Gasteiger partial charge in [-0.3, -0.25) is 9.59 Å². The maximum atomic E-state index is 13.2. The normalized spacial score (nSPS) is 12.1. The maximum absolute atomic E-state index is 13.2. The molecule has 2 N–H and O–H groups in total. The van der Waals surface area contributed by atoms with E-state index in [0.717, 1.165) is 11.1 Å². The second-order valence-corrected chi connectivity index (χ2v) is 10.2. The molecule has 0 aliphatic heterocycles. The highest BCUT2D eigenvalue weighted by atomic mass is 32.2. The lowest BCUT2D eigenvalue weighted by molar-refractivity contribution is -0.139. The fraction of sp³-hybridized carbons (Fsp3) is 0.217. The third-order valence-corrected chi connectivity index (χ3v) is 8.10. The number of sulfone groups is 1. The third kappa shape index (κ3) is 5.54. The SMILES string of the molecule is COc1ccccc1CNC(=O)C(=O)NC[C@H](c1cccs1)S(=O)(=O)c1ccc(C)cc1. The number of aryl methyl sites for hydroxylation is 1. The molecule has 0 fully saturated rings. The van der Waals surface area contributed by atoms with Crippen LogP contribution in [-0.2, 0) is 26.0 Å². The Hall–Kier alpha value is -3.17. The van der Waals surface area contributed by atoms with Crippen molar-refractivity contribution in [3.8, 4) is 5.75 Å². The summed E-state index contributed by atoms with van der Waals surface area (Å²) < 4.78 is 31.7. The van der Waals surface area contributed by atoms with Gasteiger partial charge in [0, 0.05) is 23.5 Å². The Kier molecular flexibility index (Phi) is 7.66. The predicted octanol–water partition coefficient (Wildman–Crippen LogP) is 3.01. The number of thiophene rings is 1. The first-order valence-electron chi connectivity index (χ1n) is 9.85. The molecule has 0 bridgehead atoms. The fourth-order valence-corrected chi connectivity index (χ4v) is 5.88. The van der Waals surface area contributed by atoms with E-state index >= 15 is 0 Å². The summed E-state index contributed by atoms with van der Waals surface area (Å²) in [6, 6.07) is 17.1. The molecule has 0 saturated carbocycles. The summed E-state index contributed by atoms with van der Waals surface area (Å²) in [6.07, 6.45) is 0. The summed E-state index contributed by atoms with van der Waals surface area (Å²) in [7, 11) is -2.26. The molecule has 0 radical (unpaired) electrons. The van der Waals surface area contributed by atoms with E-state index in [4.69, 9.17) is 4.74 Å². The Labute approximate surface area is 191 Å². The Morgan fingerprint density at radius 1 is 0.969 bits per heavy atom. The van der Waals surface area contributed by atoms with Crippen molar-refractivity contribution in [3.63, 3.8) is 0 Å². The molecule has 0 saturated heterocycles. The van der Waals surface area contributed by atoms with E-state index in [0.29, 0.717) is 10.6 Å². The molecule has 3 rings (SSSR count). The number of hydrogen-bond donors (Lipinski definition) is 2. The van der Waals surface area contributed by atoms with E-state index in [-0.39, 0.29) is 18.0 Å². The summed E-state index contributed by atoms with van der Waals surface area (Å²) in [5.41, 5.74) is 1.66. The minimum Gasteiger partial charge on any atom is -0.496 e. The van der Waals surface area contributed by atoms with Crippen molar-refractivity contribution in [1.82, 2.24) is 10.6 Å². The molecule has 0 unspecified atom stereocenters. The zero-order valence-corrected chi connectivity index (χ0v) is 19.3. The van der Waals surface area contributed by atoms with Crippen LogP contribution in [0.4, 0.5) is 0 Å². The molecule has 0 aliphatic carbocycles. The van der Waals surface area contributed by atoms with Gasteiger partial charge in [-0.25, -0.2) is 8.42 Å². The average molecular weight is 473 g/mol. The van der Waals surface area contributed by atoms with Crippen LogP contribution >= 0.6 is 11.3 Å². The van der Waals surface area contributed by atoms with Crippen LogP contribution in [0.15, 0.2) is 70.9 Å². The van der Waals surface area contributed by atoms with E-state index in [2.05, 4.69) is 10.6 Å². The average Bonchev–Trinajstić information content (AvgIpc) is 3.32. The number of hydrogen-bond acceptors (Lipinski definition) is 6. The lowest BCUT2D eigenvalue weighted by atomic mass is 10.2. The Bertz CT molecular complexity index is 1170. The van der Waals surface area contributed by atoms with Crippen LogP contribution in [0.25, 0.3) is 0 Å². The van der Waals surface area contributed by atoms with Gasteiger partial charge in [0.25, 0.3) is 0 Å². The van der Waals surface area contributed by atoms with Crippen LogP contribution in [0.3, 0.4) is 0 Å². The number of rotatable bonds is 8. The lowest BCUT2D eigenvalue weighted by Crippen LogP contribution is -2.42. The van der Waals surface area contributed by atoms with E-state index in [1.165, 1.54) is 18.4 Å². The third-order valence-electron chi connectivity index (χ3n) is 4.87. The lowest BCUT2D eigenvalue weighted by Gasteiger charge is -2.17. The Balaban J connectivity index is 1.69. The van der Waals surface area contributed by atoms with Crippen molar-refractivity contribution < 1.29 is 22.7 Å². The summed E-state index contributed by atoms with van der Waals surface area (Å²) >= 11 is 1.28. The number of amides is 2. The fourth-order valence-electron chi connectivity index (χ4n) is 3.10. The van der Waals surface area contributed by atoms with Gasteiger partial charge in [0.2, 0.25) is 0 Å². The van der Waals surface area contributed by atoms with Crippen LogP contribution < -0.4 is 15.4 Å². The molecule has 1 heterocycles. The van der Waals surface area contributed by atoms with Crippen molar-refractivity contribution in [2.75, 3.05) is 13.7 Å². The van der Waals surface area contributed by atoms with Crippen molar-refractivity contribution >= 4 is 33.0 Å². The molecule has 9 heteroatoms. The minimum atomic E-state index is -3.78. The molecule has 168 valence electrons. The summed E-state index contributed by atoms with van der Waals surface area (Å²) in [4.78, 5) is 25.4. The largest absolute Gasteiger partial charge is 0.496 e. The van der Waals surface area contributed by atoms with Crippen LogP contribution in [0.5, 0.6) is 5.75 Å². The molecular formula is C23H24N2O5S2. The van der Waals surface area contributed by atoms with Gasteiger partial charge in [0.15, 0.2) is 9.84 Å². The number of nitrogens with one attached hydrogen (secondary N) is 2. The predicted molar refractivity (Wildman–Crippen MR) is 123 cm³/mol.